The highest BCUT2D eigenvalue weighted by Gasteiger charge is 2.09. The van der Waals surface area contributed by atoms with Crippen molar-refractivity contribution in [3.63, 3.8) is 0 Å². The van der Waals surface area contributed by atoms with E-state index in [2.05, 4.69) is 5.10 Å². The van der Waals surface area contributed by atoms with Crippen molar-refractivity contribution in [2.45, 2.75) is 6.61 Å². The van der Waals surface area contributed by atoms with Crippen molar-refractivity contribution >= 4 is 5.69 Å². The number of ether oxygens (including phenoxy) is 2. The lowest BCUT2D eigenvalue weighted by atomic mass is 10.1. The summed E-state index contributed by atoms with van der Waals surface area (Å²) in [4.78, 5) is 0. The van der Waals surface area contributed by atoms with Crippen LogP contribution < -0.4 is 15.2 Å². The molecule has 96 valence electrons. The molecule has 1 aromatic carbocycles. The molecule has 2 rings (SSSR count). The lowest BCUT2D eigenvalue weighted by Gasteiger charge is -2.11. The topological polar surface area (TPSA) is 62.3 Å². The predicted octanol–water partition coefficient (Wildman–Crippen LogP) is 1.89. The van der Waals surface area contributed by atoms with Crippen LogP contribution in [-0.4, -0.2) is 16.6 Å². The number of hydrogen-bond acceptors (Lipinski definition) is 4. The van der Waals surface area contributed by atoms with E-state index >= 15 is 0 Å². The number of nitrogens with two attached hydrogens (primary N) is 1. The van der Waals surface area contributed by atoms with E-state index in [0.717, 1.165) is 0 Å². The van der Waals surface area contributed by atoms with Crippen molar-refractivity contribution in [2.75, 3.05) is 12.6 Å². The quantitative estimate of drug-likeness (QED) is 0.824. The van der Waals surface area contributed by atoms with E-state index in [1.165, 1.54) is 0 Å². The predicted molar refractivity (Wildman–Crippen MR) is 65.0 cm³/mol. The second kappa shape index (κ2) is 5.39. The molecule has 0 aliphatic heterocycles. The zero-order valence-electron chi connectivity index (χ0n) is 9.97. The smallest absolute Gasteiger partial charge is 0.233 e. The van der Waals surface area contributed by atoms with Gasteiger partial charge in [-0.05, 0) is 12.1 Å². The highest BCUT2D eigenvalue weighted by Crippen LogP contribution is 2.25. The first-order valence-electron chi connectivity index (χ1n) is 5.39. The Bertz CT molecular complexity index is 528. The van der Waals surface area contributed by atoms with E-state index in [4.69, 9.17) is 15.2 Å². The fourth-order valence-electron chi connectivity index (χ4n) is 1.55. The number of rotatable bonds is 5. The average molecular weight is 251 g/mol. The van der Waals surface area contributed by atoms with Crippen LogP contribution in [0, 0.1) is 0 Å². The van der Waals surface area contributed by atoms with E-state index < -0.39 is 6.86 Å². The van der Waals surface area contributed by atoms with Gasteiger partial charge in [0.25, 0.3) is 0 Å². The van der Waals surface area contributed by atoms with Crippen molar-refractivity contribution in [1.29, 1.82) is 0 Å². The van der Waals surface area contributed by atoms with Gasteiger partial charge in [0.15, 0.2) is 0 Å². The highest BCUT2D eigenvalue weighted by molar-refractivity contribution is 5.54. The second-order valence-electron chi connectivity index (χ2n) is 3.69. The number of alkyl halides is 1. The molecule has 0 spiro atoms. The molecule has 0 radical (unpaired) electrons. The molecule has 0 aliphatic rings. The van der Waals surface area contributed by atoms with E-state index in [1.54, 1.807) is 42.2 Å². The summed E-state index contributed by atoms with van der Waals surface area (Å²) in [5, 5.41) is 4.07. The summed E-state index contributed by atoms with van der Waals surface area (Å²) in [6.45, 7) is -0.723. The molecule has 0 bridgehead atoms. The number of aryl methyl sites for hydroxylation is 1. The lowest BCUT2D eigenvalue weighted by Crippen LogP contribution is -2.04. The number of nitrogens with zero attached hydrogens (tertiary/aromatic N) is 2. The molecule has 0 atom stereocenters. The van der Waals surface area contributed by atoms with Gasteiger partial charge >= 0.3 is 0 Å². The van der Waals surface area contributed by atoms with Crippen LogP contribution in [0.4, 0.5) is 10.1 Å². The summed E-state index contributed by atoms with van der Waals surface area (Å²) in [6, 6.07) is 6.79. The van der Waals surface area contributed by atoms with Crippen LogP contribution in [0.15, 0.2) is 30.5 Å². The summed E-state index contributed by atoms with van der Waals surface area (Å²) in [7, 11) is 1.79. The minimum Gasteiger partial charge on any atom is -0.472 e. The highest BCUT2D eigenvalue weighted by atomic mass is 19.1. The Labute approximate surface area is 104 Å². The number of halogens is 1. The van der Waals surface area contributed by atoms with Gasteiger partial charge in [0.2, 0.25) is 12.7 Å². The summed E-state index contributed by atoms with van der Waals surface area (Å²) < 4.78 is 24.2. The molecular weight excluding hydrogens is 237 g/mol. The zero-order chi connectivity index (χ0) is 13.0. The molecule has 0 amide bonds. The molecule has 0 aliphatic carbocycles. The second-order valence-corrected chi connectivity index (χ2v) is 3.69. The molecule has 2 N–H and O–H groups in total. The number of aromatic nitrogens is 2. The summed E-state index contributed by atoms with van der Waals surface area (Å²) in [5.74, 6) is 0.861. The third-order valence-corrected chi connectivity index (χ3v) is 2.43. The molecule has 1 heterocycles. The van der Waals surface area contributed by atoms with Gasteiger partial charge in [-0.25, -0.2) is 4.39 Å². The summed E-state index contributed by atoms with van der Waals surface area (Å²) in [5.41, 5.74) is 6.92. The molecular formula is C12H14FN3O2. The minimum absolute atomic E-state index is 0.180. The monoisotopic (exact) mass is 251 g/mol. The Hall–Kier alpha value is -2.24. The van der Waals surface area contributed by atoms with Crippen LogP contribution in [0.25, 0.3) is 0 Å². The van der Waals surface area contributed by atoms with Crippen molar-refractivity contribution in [1.82, 2.24) is 9.78 Å². The first-order chi connectivity index (χ1) is 8.70. The van der Waals surface area contributed by atoms with Gasteiger partial charge in [-0.2, -0.15) is 0 Å². The standard InChI is InChI=1S/C12H14FN3O2/c1-16-6-5-12(15-16)17-7-9-10(14)3-2-4-11(9)18-8-13/h2-6H,7-8,14H2,1H3. The largest absolute Gasteiger partial charge is 0.472 e. The first-order valence-corrected chi connectivity index (χ1v) is 5.39. The van der Waals surface area contributed by atoms with Crippen LogP contribution in [0.2, 0.25) is 0 Å². The summed E-state index contributed by atoms with van der Waals surface area (Å²) in [6.07, 6.45) is 1.77. The fraction of sp³-hybridized carbons (Fsp3) is 0.250. The maximum Gasteiger partial charge on any atom is 0.233 e. The number of benzene rings is 1. The Morgan fingerprint density at radius 1 is 1.33 bits per heavy atom. The van der Waals surface area contributed by atoms with Gasteiger partial charge in [-0.15, -0.1) is 5.10 Å². The lowest BCUT2D eigenvalue weighted by molar-refractivity contribution is 0.186. The van der Waals surface area contributed by atoms with E-state index in [0.29, 0.717) is 22.9 Å². The Kier molecular flexibility index (Phi) is 3.66. The van der Waals surface area contributed by atoms with Crippen molar-refractivity contribution in [2.24, 2.45) is 7.05 Å². The molecule has 6 heteroatoms. The zero-order valence-corrected chi connectivity index (χ0v) is 9.97. The maximum absolute atomic E-state index is 12.2. The first kappa shape index (κ1) is 12.2. The van der Waals surface area contributed by atoms with Gasteiger partial charge in [-0.1, -0.05) is 6.07 Å². The van der Waals surface area contributed by atoms with E-state index in [-0.39, 0.29) is 6.61 Å². The van der Waals surface area contributed by atoms with E-state index in [1.807, 2.05) is 0 Å². The van der Waals surface area contributed by atoms with Crippen molar-refractivity contribution in [3.05, 3.63) is 36.0 Å². The van der Waals surface area contributed by atoms with Crippen molar-refractivity contribution in [3.8, 4) is 11.6 Å². The van der Waals surface area contributed by atoms with Crippen LogP contribution in [0.5, 0.6) is 11.6 Å². The Morgan fingerprint density at radius 2 is 2.17 bits per heavy atom. The molecule has 2 aromatic rings. The van der Waals surface area contributed by atoms with Gasteiger partial charge in [0.1, 0.15) is 12.4 Å². The summed E-state index contributed by atoms with van der Waals surface area (Å²) >= 11 is 0. The minimum atomic E-state index is -0.903. The van der Waals surface area contributed by atoms with E-state index in [9.17, 15) is 4.39 Å². The van der Waals surface area contributed by atoms with Gasteiger partial charge in [0, 0.05) is 25.0 Å². The third kappa shape index (κ3) is 2.71. The molecule has 1 aromatic heterocycles. The van der Waals surface area contributed by atoms with Crippen LogP contribution in [0.3, 0.4) is 0 Å². The van der Waals surface area contributed by atoms with Crippen molar-refractivity contribution < 1.29 is 13.9 Å². The fourth-order valence-corrected chi connectivity index (χ4v) is 1.55. The SMILES string of the molecule is Cn1ccc(OCc2c(N)cccc2OCF)n1. The Morgan fingerprint density at radius 3 is 2.83 bits per heavy atom. The van der Waals surface area contributed by atoms with Gasteiger partial charge in [0.05, 0.1) is 5.56 Å². The molecule has 0 saturated carbocycles. The molecule has 0 unspecified atom stereocenters. The van der Waals surface area contributed by atoms with Crippen LogP contribution in [0.1, 0.15) is 5.56 Å². The molecule has 5 nitrogen and oxygen atoms in total. The van der Waals surface area contributed by atoms with Crippen LogP contribution in [-0.2, 0) is 13.7 Å². The average Bonchev–Trinajstić information content (AvgIpc) is 2.75. The van der Waals surface area contributed by atoms with Gasteiger partial charge < -0.3 is 15.2 Å². The van der Waals surface area contributed by atoms with Crippen LogP contribution >= 0.6 is 0 Å². The third-order valence-electron chi connectivity index (χ3n) is 2.43. The normalized spacial score (nSPS) is 10.3. The number of hydrogen-bond donors (Lipinski definition) is 1. The Balaban J connectivity index is 2.12. The maximum atomic E-state index is 12.2. The molecule has 0 fully saturated rings. The van der Waals surface area contributed by atoms with Gasteiger partial charge in [-0.3, -0.25) is 4.68 Å². The number of anilines is 1. The number of nitrogen functional groups attached to an aromatic ring is 1. The molecule has 0 saturated heterocycles. The molecule has 18 heavy (non-hydrogen) atoms.